The fraction of sp³-hybridized carbons (Fsp3) is 0.538. The summed E-state index contributed by atoms with van der Waals surface area (Å²) in [7, 11) is 7.54. The molecule has 90 valence electrons. The fourth-order valence-corrected chi connectivity index (χ4v) is 1.64. The van der Waals surface area contributed by atoms with Gasteiger partial charge in [0.15, 0.2) is 0 Å². The molecule has 1 rings (SSSR count). The number of nitrogens with zero attached hydrogens (tertiary/aromatic N) is 1. The van der Waals surface area contributed by atoms with Crippen LogP contribution >= 0.6 is 0 Å². The highest BCUT2D eigenvalue weighted by Gasteiger charge is 2.04. The van der Waals surface area contributed by atoms with Crippen LogP contribution in [0.25, 0.3) is 0 Å². The lowest BCUT2D eigenvalue weighted by Crippen LogP contribution is -2.13. The topological polar surface area (TPSA) is 21.7 Å². The van der Waals surface area contributed by atoms with E-state index < -0.39 is 0 Å². The highest BCUT2D eigenvalue weighted by atomic mass is 16.5. The molecule has 16 heavy (non-hydrogen) atoms. The lowest BCUT2D eigenvalue weighted by Gasteiger charge is -2.12. The van der Waals surface area contributed by atoms with Crippen LogP contribution < -0.4 is 9.47 Å². The normalized spacial score (nSPS) is 10.6. The maximum atomic E-state index is 5.35. The van der Waals surface area contributed by atoms with Crippen molar-refractivity contribution in [1.82, 2.24) is 4.90 Å². The summed E-state index contributed by atoms with van der Waals surface area (Å²) in [6, 6.07) is 5.99. The molecule has 1 aromatic rings. The van der Waals surface area contributed by atoms with Gasteiger partial charge in [0, 0.05) is 6.07 Å². The van der Waals surface area contributed by atoms with Gasteiger partial charge in [0.1, 0.15) is 11.5 Å². The molecule has 0 aliphatic heterocycles. The van der Waals surface area contributed by atoms with Crippen LogP contribution in [0.1, 0.15) is 12.0 Å². The van der Waals surface area contributed by atoms with Gasteiger partial charge >= 0.3 is 0 Å². The van der Waals surface area contributed by atoms with E-state index in [1.807, 2.05) is 12.1 Å². The van der Waals surface area contributed by atoms with Gasteiger partial charge in [-0.1, -0.05) is 6.07 Å². The Morgan fingerprint density at radius 2 is 1.88 bits per heavy atom. The number of hydrogen-bond donors (Lipinski definition) is 0. The Bertz CT molecular complexity index is 324. The molecule has 0 aromatic heterocycles. The van der Waals surface area contributed by atoms with Crippen LogP contribution in [0.15, 0.2) is 18.2 Å². The standard InChI is InChI=1S/C13H21NO2/c1-14(2)9-5-6-11-7-8-12(15-3)10-13(11)16-4/h7-8,10H,5-6,9H2,1-4H3. The van der Waals surface area contributed by atoms with Crippen LogP contribution in [0, 0.1) is 0 Å². The maximum Gasteiger partial charge on any atom is 0.125 e. The van der Waals surface area contributed by atoms with E-state index >= 15 is 0 Å². The van der Waals surface area contributed by atoms with Crippen molar-refractivity contribution < 1.29 is 9.47 Å². The average Bonchev–Trinajstić information content (AvgIpc) is 2.29. The second-order valence-electron chi connectivity index (χ2n) is 4.08. The summed E-state index contributed by atoms with van der Waals surface area (Å²) >= 11 is 0. The first-order chi connectivity index (χ1) is 7.67. The molecule has 0 saturated carbocycles. The number of rotatable bonds is 6. The van der Waals surface area contributed by atoms with E-state index in [1.165, 1.54) is 5.56 Å². The Kier molecular flexibility index (Phi) is 5.12. The molecule has 0 amide bonds. The van der Waals surface area contributed by atoms with Crippen LogP contribution in [-0.2, 0) is 6.42 Å². The summed E-state index contributed by atoms with van der Waals surface area (Å²) in [5, 5.41) is 0. The minimum atomic E-state index is 0.841. The second kappa shape index (κ2) is 6.38. The van der Waals surface area contributed by atoms with Gasteiger partial charge in [-0.2, -0.15) is 0 Å². The zero-order valence-corrected chi connectivity index (χ0v) is 10.6. The number of hydrogen-bond acceptors (Lipinski definition) is 3. The van der Waals surface area contributed by atoms with Crippen LogP contribution in [0.2, 0.25) is 0 Å². The third kappa shape index (κ3) is 3.74. The minimum absolute atomic E-state index is 0.841. The number of ether oxygens (including phenoxy) is 2. The summed E-state index contributed by atoms with van der Waals surface area (Å²) in [6.07, 6.45) is 2.17. The second-order valence-corrected chi connectivity index (χ2v) is 4.08. The van der Waals surface area contributed by atoms with Crippen molar-refractivity contribution in [3.8, 4) is 11.5 Å². The quantitative estimate of drug-likeness (QED) is 0.738. The van der Waals surface area contributed by atoms with Gasteiger partial charge < -0.3 is 14.4 Å². The molecule has 0 spiro atoms. The van der Waals surface area contributed by atoms with Crippen molar-refractivity contribution in [2.45, 2.75) is 12.8 Å². The SMILES string of the molecule is COc1ccc(CCCN(C)C)c(OC)c1. The highest BCUT2D eigenvalue weighted by Crippen LogP contribution is 2.25. The van der Waals surface area contributed by atoms with Crippen molar-refractivity contribution in [2.24, 2.45) is 0 Å². The Labute approximate surface area is 98.0 Å². The number of benzene rings is 1. The van der Waals surface area contributed by atoms with Crippen molar-refractivity contribution in [3.05, 3.63) is 23.8 Å². The molecule has 0 N–H and O–H groups in total. The molecule has 0 atom stereocenters. The molecule has 0 bridgehead atoms. The molecular formula is C13H21NO2. The first-order valence-electron chi connectivity index (χ1n) is 5.53. The van der Waals surface area contributed by atoms with Crippen LogP contribution in [0.4, 0.5) is 0 Å². The van der Waals surface area contributed by atoms with Crippen molar-refractivity contribution in [2.75, 3.05) is 34.9 Å². The van der Waals surface area contributed by atoms with E-state index in [9.17, 15) is 0 Å². The van der Waals surface area contributed by atoms with E-state index in [-0.39, 0.29) is 0 Å². The third-order valence-electron chi connectivity index (χ3n) is 2.55. The molecular weight excluding hydrogens is 202 g/mol. The van der Waals surface area contributed by atoms with E-state index in [0.717, 1.165) is 30.9 Å². The number of aryl methyl sites for hydroxylation is 1. The Balaban J connectivity index is 2.64. The Morgan fingerprint density at radius 1 is 1.12 bits per heavy atom. The fourth-order valence-electron chi connectivity index (χ4n) is 1.64. The molecule has 3 nitrogen and oxygen atoms in total. The lowest BCUT2D eigenvalue weighted by atomic mass is 10.1. The zero-order chi connectivity index (χ0) is 12.0. The van der Waals surface area contributed by atoms with E-state index in [4.69, 9.17) is 9.47 Å². The summed E-state index contributed by atoms with van der Waals surface area (Å²) in [6.45, 7) is 1.09. The molecule has 0 aliphatic carbocycles. The Hall–Kier alpha value is -1.22. The predicted molar refractivity (Wildman–Crippen MR) is 66.4 cm³/mol. The first kappa shape index (κ1) is 12.8. The van der Waals surface area contributed by atoms with Gasteiger partial charge in [0.2, 0.25) is 0 Å². The largest absolute Gasteiger partial charge is 0.497 e. The number of methoxy groups -OCH3 is 2. The predicted octanol–water partition coefficient (Wildman–Crippen LogP) is 2.20. The molecule has 0 radical (unpaired) electrons. The smallest absolute Gasteiger partial charge is 0.125 e. The molecule has 0 saturated heterocycles. The van der Waals surface area contributed by atoms with Gasteiger partial charge in [-0.05, 0) is 45.1 Å². The molecule has 0 aliphatic rings. The first-order valence-corrected chi connectivity index (χ1v) is 5.53. The van der Waals surface area contributed by atoms with Gasteiger partial charge in [0.25, 0.3) is 0 Å². The molecule has 0 fully saturated rings. The van der Waals surface area contributed by atoms with Crippen LogP contribution in [0.5, 0.6) is 11.5 Å². The summed E-state index contributed by atoms with van der Waals surface area (Å²) < 4.78 is 10.5. The molecule has 1 aromatic carbocycles. The van der Waals surface area contributed by atoms with E-state index in [0.29, 0.717) is 0 Å². The molecule has 0 heterocycles. The average molecular weight is 223 g/mol. The maximum absolute atomic E-state index is 5.35. The molecule has 0 unspecified atom stereocenters. The zero-order valence-electron chi connectivity index (χ0n) is 10.6. The monoisotopic (exact) mass is 223 g/mol. The van der Waals surface area contributed by atoms with Gasteiger partial charge in [-0.15, -0.1) is 0 Å². The van der Waals surface area contributed by atoms with E-state index in [2.05, 4.69) is 25.1 Å². The van der Waals surface area contributed by atoms with Crippen LogP contribution in [-0.4, -0.2) is 39.8 Å². The lowest BCUT2D eigenvalue weighted by molar-refractivity contribution is 0.383. The van der Waals surface area contributed by atoms with E-state index in [1.54, 1.807) is 14.2 Å². The molecule has 3 heteroatoms. The Morgan fingerprint density at radius 3 is 2.44 bits per heavy atom. The summed E-state index contributed by atoms with van der Waals surface area (Å²) in [5.74, 6) is 1.76. The highest BCUT2D eigenvalue weighted by molar-refractivity contribution is 5.40. The summed E-state index contributed by atoms with van der Waals surface area (Å²) in [5.41, 5.74) is 1.24. The van der Waals surface area contributed by atoms with Gasteiger partial charge in [0.05, 0.1) is 14.2 Å². The van der Waals surface area contributed by atoms with Crippen molar-refractivity contribution >= 4 is 0 Å². The van der Waals surface area contributed by atoms with Gasteiger partial charge in [-0.3, -0.25) is 0 Å². The van der Waals surface area contributed by atoms with Gasteiger partial charge in [-0.25, -0.2) is 0 Å². The third-order valence-corrected chi connectivity index (χ3v) is 2.55. The van der Waals surface area contributed by atoms with Crippen molar-refractivity contribution in [1.29, 1.82) is 0 Å². The minimum Gasteiger partial charge on any atom is -0.497 e. The van der Waals surface area contributed by atoms with Crippen LogP contribution in [0.3, 0.4) is 0 Å². The van der Waals surface area contributed by atoms with Crippen molar-refractivity contribution in [3.63, 3.8) is 0 Å². The summed E-state index contributed by atoms with van der Waals surface area (Å²) in [4.78, 5) is 2.19.